The Morgan fingerprint density at radius 2 is 1.85 bits per heavy atom. The highest BCUT2D eigenvalue weighted by atomic mass is 16.1. The van der Waals surface area contributed by atoms with Gasteiger partial charge in [0, 0.05) is 29.7 Å². The van der Waals surface area contributed by atoms with Gasteiger partial charge in [0.1, 0.15) is 0 Å². The quantitative estimate of drug-likeness (QED) is 0.911. The molecule has 1 fully saturated rings. The summed E-state index contributed by atoms with van der Waals surface area (Å²) in [5, 5.41) is 0. The van der Waals surface area contributed by atoms with Crippen molar-refractivity contribution in [3.05, 3.63) is 46.6 Å². The second-order valence-corrected chi connectivity index (χ2v) is 5.70. The molecule has 0 saturated heterocycles. The number of rotatable bonds is 2. The maximum atomic E-state index is 12.1. The molecule has 3 rings (SSSR count). The van der Waals surface area contributed by atoms with Gasteiger partial charge in [-0.25, -0.2) is 9.97 Å². The van der Waals surface area contributed by atoms with Crippen LogP contribution >= 0.6 is 0 Å². The van der Waals surface area contributed by atoms with Gasteiger partial charge >= 0.3 is 0 Å². The Hall–Kier alpha value is -1.97. The standard InChI is InChI=1S/C16H19N3O/c1-11-3-5-12(6-4-11)14-9-13(10-19-16(14)20)15-17-7-2-8-18-15/h2,7-12H,3-6H2,1H3,(H,19,20)/t11-,12-. The highest BCUT2D eigenvalue weighted by Crippen LogP contribution is 2.34. The van der Waals surface area contributed by atoms with Crippen molar-refractivity contribution in [1.29, 1.82) is 0 Å². The van der Waals surface area contributed by atoms with Crippen LogP contribution in [0.4, 0.5) is 0 Å². The molecule has 4 heteroatoms. The second-order valence-electron chi connectivity index (χ2n) is 5.70. The SMILES string of the molecule is C[C@H]1CC[C@H](c2cc(-c3ncccn3)c[nH]c2=O)CC1. The molecule has 0 radical (unpaired) electrons. The van der Waals surface area contributed by atoms with Crippen LogP contribution < -0.4 is 5.56 Å². The Kier molecular flexibility index (Phi) is 3.63. The number of aromatic nitrogens is 3. The van der Waals surface area contributed by atoms with Gasteiger partial charge in [-0.15, -0.1) is 0 Å². The van der Waals surface area contributed by atoms with Crippen molar-refractivity contribution in [3.63, 3.8) is 0 Å². The van der Waals surface area contributed by atoms with E-state index < -0.39 is 0 Å². The van der Waals surface area contributed by atoms with E-state index in [1.807, 2.05) is 6.07 Å². The van der Waals surface area contributed by atoms with Gasteiger partial charge in [0.2, 0.25) is 0 Å². The maximum absolute atomic E-state index is 12.1. The van der Waals surface area contributed by atoms with Crippen LogP contribution in [0.3, 0.4) is 0 Å². The van der Waals surface area contributed by atoms with Gasteiger partial charge in [0.15, 0.2) is 5.82 Å². The number of hydrogen-bond donors (Lipinski definition) is 1. The number of H-pyrrole nitrogens is 1. The average Bonchev–Trinajstić information content (AvgIpc) is 2.50. The van der Waals surface area contributed by atoms with E-state index in [4.69, 9.17) is 0 Å². The van der Waals surface area contributed by atoms with E-state index in [2.05, 4.69) is 21.9 Å². The predicted octanol–water partition coefficient (Wildman–Crippen LogP) is 3.13. The first-order valence-corrected chi connectivity index (χ1v) is 7.24. The summed E-state index contributed by atoms with van der Waals surface area (Å²) in [4.78, 5) is 23.4. The largest absolute Gasteiger partial charge is 0.328 e. The summed E-state index contributed by atoms with van der Waals surface area (Å²) in [6.07, 6.45) is 9.75. The van der Waals surface area contributed by atoms with Gasteiger partial charge in [-0.2, -0.15) is 0 Å². The van der Waals surface area contributed by atoms with Gasteiger partial charge in [0.05, 0.1) is 0 Å². The van der Waals surface area contributed by atoms with E-state index in [1.165, 1.54) is 12.8 Å². The molecule has 104 valence electrons. The maximum Gasteiger partial charge on any atom is 0.251 e. The molecular formula is C16H19N3O. The topological polar surface area (TPSA) is 58.6 Å². The van der Waals surface area contributed by atoms with Crippen molar-refractivity contribution in [2.75, 3.05) is 0 Å². The summed E-state index contributed by atoms with van der Waals surface area (Å²) in [5.41, 5.74) is 1.81. The third kappa shape index (κ3) is 2.64. The van der Waals surface area contributed by atoms with Crippen LogP contribution in [0, 0.1) is 5.92 Å². The monoisotopic (exact) mass is 269 g/mol. The molecule has 0 aromatic carbocycles. The van der Waals surface area contributed by atoms with E-state index in [0.717, 1.165) is 29.9 Å². The van der Waals surface area contributed by atoms with Crippen LogP contribution in [-0.2, 0) is 0 Å². The lowest BCUT2D eigenvalue weighted by molar-refractivity contribution is 0.346. The Bertz CT molecular complexity index is 628. The van der Waals surface area contributed by atoms with Crippen molar-refractivity contribution in [2.45, 2.75) is 38.5 Å². The van der Waals surface area contributed by atoms with Crippen molar-refractivity contribution in [3.8, 4) is 11.4 Å². The first-order valence-electron chi connectivity index (χ1n) is 7.24. The van der Waals surface area contributed by atoms with Crippen LogP contribution in [0.15, 0.2) is 35.5 Å². The van der Waals surface area contributed by atoms with E-state index in [0.29, 0.717) is 11.7 Å². The summed E-state index contributed by atoms with van der Waals surface area (Å²) in [7, 11) is 0. The first-order chi connectivity index (χ1) is 9.74. The van der Waals surface area contributed by atoms with E-state index in [-0.39, 0.29) is 5.56 Å². The molecule has 1 aliphatic rings. The molecule has 20 heavy (non-hydrogen) atoms. The Balaban J connectivity index is 1.93. The zero-order valence-corrected chi connectivity index (χ0v) is 11.7. The Labute approximate surface area is 118 Å². The minimum absolute atomic E-state index is 0.0317. The van der Waals surface area contributed by atoms with Gasteiger partial charge in [0.25, 0.3) is 5.56 Å². The third-order valence-electron chi connectivity index (χ3n) is 4.21. The minimum Gasteiger partial charge on any atom is -0.328 e. The van der Waals surface area contributed by atoms with Crippen LogP contribution in [0.5, 0.6) is 0 Å². The van der Waals surface area contributed by atoms with Gasteiger partial charge < -0.3 is 4.98 Å². The molecule has 0 amide bonds. The molecule has 2 aromatic heterocycles. The number of nitrogens with zero attached hydrogens (tertiary/aromatic N) is 2. The van der Waals surface area contributed by atoms with Gasteiger partial charge in [-0.3, -0.25) is 4.79 Å². The highest BCUT2D eigenvalue weighted by molar-refractivity contribution is 5.54. The highest BCUT2D eigenvalue weighted by Gasteiger charge is 2.22. The van der Waals surface area contributed by atoms with Crippen molar-refractivity contribution in [1.82, 2.24) is 15.0 Å². The van der Waals surface area contributed by atoms with Crippen LogP contribution in [-0.4, -0.2) is 15.0 Å². The number of nitrogens with one attached hydrogen (secondary N) is 1. The van der Waals surface area contributed by atoms with Crippen molar-refractivity contribution in [2.24, 2.45) is 5.92 Å². The summed E-state index contributed by atoms with van der Waals surface area (Å²) in [6, 6.07) is 3.76. The average molecular weight is 269 g/mol. The summed E-state index contributed by atoms with van der Waals surface area (Å²) >= 11 is 0. The summed E-state index contributed by atoms with van der Waals surface area (Å²) in [6.45, 7) is 2.29. The van der Waals surface area contributed by atoms with Gasteiger partial charge in [-0.1, -0.05) is 19.8 Å². The molecule has 0 spiro atoms. The second kappa shape index (κ2) is 5.57. The lowest BCUT2D eigenvalue weighted by Gasteiger charge is -2.25. The number of aromatic amines is 1. The number of pyridine rings is 1. The van der Waals surface area contributed by atoms with E-state index in [1.54, 1.807) is 24.7 Å². The molecule has 0 bridgehead atoms. The van der Waals surface area contributed by atoms with Crippen LogP contribution in [0.2, 0.25) is 0 Å². The lowest BCUT2D eigenvalue weighted by Crippen LogP contribution is -2.20. The normalized spacial score (nSPS) is 22.6. The van der Waals surface area contributed by atoms with Crippen LogP contribution in [0.25, 0.3) is 11.4 Å². The molecule has 2 aromatic rings. The molecule has 4 nitrogen and oxygen atoms in total. The van der Waals surface area contributed by atoms with E-state index >= 15 is 0 Å². The fourth-order valence-electron chi connectivity index (χ4n) is 2.95. The predicted molar refractivity (Wildman–Crippen MR) is 78.5 cm³/mol. The third-order valence-corrected chi connectivity index (χ3v) is 4.21. The fourth-order valence-corrected chi connectivity index (χ4v) is 2.95. The Morgan fingerprint density at radius 1 is 1.15 bits per heavy atom. The summed E-state index contributed by atoms with van der Waals surface area (Å²) in [5.74, 6) is 1.82. The zero-order valence-electron chi connectivity index (χ0n) is 11.7. The smallest absolute Gasteiger partial charge is 0.251 e. The summed E-state index contributed by atoms with van der Waals surface area (Å²) < 4.78 is 0. The lowest BCUT2D eigenvalue weighted by atomic mass is 9.79. The minimum atomic E-state index is 0.0317. The van der Waals surface area contributed by atoms with Crippen molar-refractivity contribution < 1.29 is 0 Å². The molecule has 1 saturated carbocycles. The molecule has 0 atom stereocenters. The number of hydrogen-bond acceptors (Lipinski definition) is 3. The molecule has 0 unspecified atom stereocenters. The molecular weight excluding hydrogens is 250 g/mol. The molecule has 0 aliphatic heterocycles. The molecule has 1 N–H and O–H groups in total. The van der Waals surface area contributed by atoms with Crippen LogP contribution in [0.1, 0.15) is 44.1 Å². The molecule has 2 heterocycles. The van der Waals surface area contributed by atoms with Gasteiger partial charge in [-0.05, 0) is 36.8 Å². The van der Waals surface area contributed by atoms with E-state index in [9.17, 15) is 4.79 Å². The Morgan fingerprint density at radius 3 is 2.55 bits per heavy atom. The van der Waals surface area contributed by atoms with Crippen molar-refractivity contribution >= 4 is 0 Å². The fraction of sp³-hybridized carbons (Fsp3) is 0.438. The zero-order chi connectivity index (χ0) is 13.9. The molecule has 1 aliphatic carbocycles. The first kappa shape index (κ1) is 13.0.